The molecule has 0 aliphatic carbocycles. The van der Waals surface area contributed by atoms with Gasteiger partial charge in [0, 0.05) is 24.2 Å². The van der Waals surface area contributed by atoms with Crippen molar-refractivity contribution in [1.82, 2.24) is 9.80 Å². The fourth-order valence-corrected chi connectivity index (χ4v) is 4.97. The zero-order valence-electron chi connectivity index (χ0n) is 23.7. The van der Waals surface area contributed by atoms with Gasteiger partial charge in [0.1, 0.15) is 5.76 Å². The summed E-state index contributed by atoms with van der Waals surface area (Å²) in [6.45, 7) is 7.32. The minimum absolute atomic E-state index is 0.0861. The van der Waals surface area contributed by atoms with Crippen LogP contribution in [0.15, 0.2) is 48.0 Å². The van der Waals surface area contributed by atoms with Gasteiger partial charge in [0.05, 0.1) is 30.8 Å². The van der Waals surface area contributed by atoms with E-state index in [1.54, 1.807) is 18.2 Å². The molecule has 0 aromatic heterocycles. The van der Waals surface area contributed by atoms with Crippen molar-refractivity contribution < 1.29 is 29.1 Å². The predicted octanol–water partition coefficient (Wildman–Crippen LogP) is 5.33. The Balaban J connectivity index is 2.03. The smallest absolute Gasteiger partial charge is 0.295 e. The van der Waals surface area contributed by atoms with E-state index in [0.717, 1.165) is 45.3 Å². The van der Waals surface area contributed by atoms with E-state index >= 15 is 0 Å². The highest BCUT2D eigenvalue weighted by Crippen LogP contribution is 2.42. The van der Waals surface area contributed by atoms with Crippen LogP contribution in [0.2, 0.25) is 0 Å². The average Bonchev–Trinajstić information content (AvgIpc) is 3.22. The molecular formula is C30H39N3O7. The monoisotopic (exact) mass is 553 g/mol. The number of hydrogen-bond acceptors (Lipinski definition) is 8. The number of Topliss-reactive ketones (excluding diaryl/α,β-unsaturated/α-hetero) is 1. The summed E-state index contributed by atoms with van der Waals surface area (Å²) in [6.07, 6.45) is 5.00. The quantitative estimate of drug-likeness (QED) is 0.103. The Kier molecular flexibility index (Phi) is 11.1. The molecule has 1 amide bonds. The molecule has 3 rings (SSSR count). The summed E-state index contributed by atoms with van der Waals surface area (Å²) < 4.78 is 10.8. The number of nitro groups is 1. The largest absolute Gasteiger partial charge is 0.507 e. The summed E-state index contributed by atoms with van der Waals surface area (Å²) in [5.41, 5.74) is 0.285. The third kappa shape index (κ3) is 6.98. The maximum absolute atomic E-state index is 13.4. The second-order valence-electron chi connectivity index (χ2n) is 9.82. The highest BCUT2D eigenvalue weighted by atomic mass is 16.6. The van der Waals surface area contributed by atoms with Gasteiger partial charge in [-0.2, -0.15) is 0 Å². The molecule has 10 heteroatoms. The van der Waals surface area contributed by atoms with Crippen LogP contribution in [0.5, 0.6) is 11.5 Å². The van der Waals surface area contributed by atoms with Crippen LogP contribution in [-0.4, -0.2) is 71.9 Å². The van der Waals surface area contributed by atoms with Crippen LogP contribution in [0.4, 0.5) is 5.69 Å². The van der Waals surface area contributed by atoms with Crippen molar-refractivity contribution in [3.63, 3.8) is 0 Å². The molecule has 1 atom stereocenters. The number of amides is 1. The zero-order chi connectivity index (χ0) is 29.2. The van der Waals surface area contributed by atoms with Crippen LogP contribution in [0.3, 0.4) is 0 Å². The topological polar surface area (TPSA) is 122 Å². The van der Waals surface area contributed by atoms with Crippen molar-refractivity contribution in [3.05, 3.63) is 69.3 Å². The summed E-state index contributed by atoms with van der Waals surface area (Å²) in [6, 6.07) is 9.56. The Morgan fingerprint density at radius 2 is 1.62 bits per heavy atom. The van der Waals surface area contributed by atoms with Crippen LogP contribution >= 0.6 is 0 Å². The predicted molar refractivity (Wildman–Crippen MR) is 153 cm³/mol. The zero-order valence-corrected chi connectivity index (χ0v) is 23.7. The van der Waals surface area contributed by atoms with E-state index in [9.17, 15) is 24.8 Å². The third-order valence-corrected chi connectivity index (χ3v) is 7.12. The number of nitrogens with zero attached hydrogens (tertiary/aromatic N) is 3. The second kappa shape index (κ2) is 14.5. The minimum atomic E-state index is -0.904. The van der Waals surface area contributed by atoms with Crippen molar-refractivity contribution in [1.29, 1.82) is 0 Å². The number of non-ortho nitro benzene ring substituents is 1. The number of aliphatic hydroxyl groups excluding tert-OH is 1. The standard InChI is InChI=1S/C30H39N3O7/c1-5-7-15-31(16-8-6-2)17-10-18-32-27(21-13-14-24(39-3)25(20-21)40-4)26(29(35)30(32)36)28(34)22-11-9-12-23(19-22)33(37)38/h9,11-14,19-20,27,34H,5-8,10,15-18H2,1-4H3/b28-26-. The number of rotatable bonds is 15. The molecule has 1 saturated heterocycles. The molecular weight excluding hydrogens is 514 g/mol. The molecule has 0 radical (unpaired) electrons. The molecule has 1 aliphatic heterocycles. The summed E-state index contributed by atoms with van der Waals surface area (Å²) in [5.74, 6) is -1.13. The number of aliphatic hydroxyl groups is 1. The van der Waals surface area contributed by atoms with Crippen molar-refractivity contribution in [3.8, 4) is 11.5 Å². The first kappa shape index (κ1) is 30.6. The van der Waals surface area contributed by atoms with Gasteiger partial charge >= 0.3 is 0 Å². The van der Waals surface area contributed by atoms with Gasteiger partial charge in [0.25, 0.3) is 17.4 Å². The number of benzene rings is 2. The SMILES string of the molecule is CCCCN(CCCC)CCCN1C(=O)C(=O)/C(=C(\O)c2cccc([N+](=O)[O-])c2)C1c1ccc(OC)c(OC)c1. The van der Waals surface area contributed by atoms with Crippen molar-refractivity contribution in [2.75, 3.05) is 40.4 Å². The number of unbranched alkanes of at least 4 members (excludes halogenated alkanes) is 2. The van der Waals surface area contributed by atoms with E-state index in [1.807, 2.05) is 0 Å². The third-order valence-electron chi connectivity index (χ3n) is 7.12. The molecule has 2 aromatic rings. The fraction of sp³-hybridized carbons (Fsp3) is 0.467. The van der Waals surface area contributed by atoms with E-state index in [0.29, 0.717) is 30.0 Å². The molecule has 1 heterocycles. The van der Waals surface area contributed by atoms with Crippen LogP contribution in [-0.2, 0) is 9.59 Å². The van der Waals surface area contributed by atoms with Crippen molar-refractivity contribution in [2.24, 2.45) is 0 Å². The van der Waals surface area contributed by atoms with Gasteiger partial charge in [-0.3, -0.25) is 19.7 Å². The molecule has 40 heavy (non-hydrogen) atoms. The maximum Gasteiger partial charge on any atom is 0.295 e. The van der Waals surface area contributed by atoms with Crippen LogP contribution in [0, 0.1) is 10.1 Å². The minimum Gasteiger partial charge on any atom is -0.507 e. The van der Waals surface area contributed by atoms with Crippen LogP contribution in [0.1, 0.15) is 63.1 Å². The van der Waals surface area contributed by atoms with Gasteiger partial charge in [0.2, 0.25) is 0 Å². The number of hydrogen-bond donors (Lipinski definition) is 1. The van der Waals surface area contributed by atoms with Crippen LogP contribution < -0.4 is 9.47 Å². The normalized spacial score (nSPS) is 16.5. The number of ether oxygens (including phenoxy) is 2. The van der Waals surface area contributed by atoms with Crippen molar-refractivity contribution >= 4 is 23.1 Å². The highest BCUT2D eigenvalue weighted by molar-refractivity contribution is 6.46. The first-order chi connectivity index (χ1) is 19.3. The number of carbonyl (C=O) groups excluding carboxylic acids is 2. The number of carbonyl (C=O) groups is 2. The van der Waals surface area contributed by atoms with E-state index in [-0.39, 0.29) is 16.8 Å². The Bertz CT molecular complexity index is 1240. The first-order valence-electron chi connectivity index (χ1n) is 13.7. The lowest BCUT2D eigenvalue weighted by atomic mass is 9.94. The second-order valence-corrected chi connectivity index (χ2v) is 9.82. The lowest BCUT2D eigenvalue weighted by Crippen LogP contribution is -2.34. The number of methoxy groups -OCH3 is 2. The fourth-order valence-electron chi connectivity index (χ4n) is 4.97. The lowest BCUT2D eigenvalue weighted by molar-refractivity contribution is -0.384. The number of nitro benzene ring substituents is 1. The highest BCUT2D eigenvalue weighted by Gasteiger charge is 2.46. The van der Waals surface area contributed by atoms with E-state index in [4.69, 9.17) is 9.47 Å². The van der Waals surface area contributed by atoms with Gasteiger partial charge in [-0.1, -0.05) is 44.9 Å². The van der Waals surface area contributed by atoms with E-state index in [1.165, 1.54) is 43.4 Å². The van der Waals surface area contributed by atoms with Crippen LogP contribution in [0.25, 0.3) is 5.76 Å². The van der Waals surface area contributed by atoms with E-state index in [2.05, 4.69) is 18.7 Å². The van der Waals surface area contributed by atoms with Gasteiger partial charge < -0.3 is 24.4 Å². The Morgan fingerprint density at radius 1 is 0.975 bits per heavy atom. The van der Waals surface area contributed by atoms with Crippen molar-refractivity contribution in [2.45, 2.75) is 52.0 Å². The molecule has 2 aromatic carbocycles. The van der Waals surface area contributed by atoms with Gasteiger partial charge in [0.15, 0.2) is 11.5 Å². The lowest BCUT2D eigenvalue weighted by Gasteiger charge is -2.28. The van der Waals surface area contributed by atoms with Gasteiger partial charge in [-0.25, -0.2) is 0 Å². The molecule has 216 valence electrons. The molecule has 1 unspecified atom stereocenters. The molecule has 1 fully saturated rings. The first-order valence-corrected chi connectivity index (χ1v) is 13.7. The molecule has 1 N–H and O–H groups in total. The van der Waals surface area contributed by atoms with E-state index < -0.39 is 28.4 Å². The Labute approximate surface area is 235 Å². The molecule has 1 aliphatic rings. The molecule has 0 bridgehead atoms. The maximum atomic E-state index is 13.4. The summed E-state index contributed by atoms with van der Waals surface area (Å²) in [4.78, 5) is 41.4. The molecule has 0 saturated carbocycles. The molecule has 10 nitrogen and oxygen atoms in total. The number of ketones is 1. The Hall–Kier alpha value is -3.92. The summed E-state index contributed by atoms with van der Waals surface area (Å²) >= 11 is 0. The summed E-state index contributed by atoms with van der Waals surface area (Å²) in [7, 11) is 3.00. The van der Waals surface area contributed by atoms with Gasteiger partial charge in [-0.05, 0) is 56.6 Å². The summed E-state index contributed by atoms with van der Waals surface area (Å²) in [5, 5.41) is 22.6. The Morgan fingerprint density at radius 3 is 2.23 bits per heavy atom. The number of likely N-dealkylation sites (tertiary alicyclic amines) is 1. The average molecular weight is 554 g/mol. The van der Waals surface area contributed by atoms with Gasteiger partial charge in [-0.15, -0.1) is 0 Å². The molecule has 0 spiro atoms.